The molecule has 1 saturated carbocycles. The summed E-state index contributed by atoms with van der Waals surface area (Å²) in [7, 11) is 0. The van der Waals surface area contributed by atoms with Gasteiger partial charge in [-0.3, -0.25) is 9.48 Å². The molecule has 0 spiro atoms. The van der Waals surface area contributed by atoms with Crippen LogP contribution in [0.2, 0.25) is 0 Å². The molecule has 1 N–H and O–H groups in total. The van der Waals surface area contributed by atoms with Crippen LogP contribution in [0, 0.1) is 6.92 Å². The van der Waals surface area contributed by atoms with E-state index < -0.39 is 17.6 Å². The fraction of sp³-hybridized carbons (Fsp3) is 0.250. The molecule has 0 atom stereocenters. The molecule has 1 amide bonds. The highest BCUT2D eigenvalue weighted by Crippen LogP contribution is 2.35. The Bertz CT molecular complexity index is 1020. The molecule has 1 aliphatic carbocycles. The SMILES string of the molecule is Cc1ccc(-c2cnn(C3CC3)c2)nc1C(=O)Nc1ccc(C(F)(F)F)cc1. The van der Waals surface area contributed by atoms with Crippen LogP contribution >= 0.6 is 0 Å². The van der Waals surface area contributed by atoms with E-state index in [9.17, 15) is 18.0 Å². The lowest BCUT2D eigenvalue weighted by Gasteiger charge is -2.10. The zero-order chi connectivity index (χ0) is 19.9. The van der Waals surface area contributed by atoms with E-state index >= 15 is 0 Å². The Morgan fingerprint density at radius 3 is 2.50 bits per heavy atom. The Morgan fingerprint density at radius 1 is 1.14 bits per heavy atom. The molecule has 0 saturated heterocycles. The maximum atomic E-state index is 12.7. The number of nitrogens with zero attached hydrogens (tertiary/aromatic N) is 3. The fourth-order valence-electron chi connectivity index (χ4n) is 2.86. The van der Waals surface area contributed by atoms with E-state index in [1.165, 1.54) is 12.1 Å². The van der Waals surface area contributed by atoms with E-state index in [-0.39, 0.29) is 11.4 Å². The third-order valence-corrected chi connectivity index (χ3v) is 4.60. The summed E-state index contributed by atoms with van der Waals surface area (Å²) in [5.41, 5.74) is 1.82. The Balaban J connectivity index is 1.55. The third-order valence-electron chi connectivity index (χ3n) is 4.60. The van der Waals surface area contributed by atoms with Gasteiger partial charge in [-0.25, -0.2) is 4.98 Å². The first-order chi connectivity index (χ1) is 13.3. The lowest BCUT2D eigenvalue weighted by molar-refractivity contribution is -0.137. The first kappa shape index (κ1) is 18.2. The minimum Gasteiger partial charge on any atom is -0.321 e. The van der Waals surface area contributed by atoms with E-state index in [1.807, 2.05) is 16.9 Å². The molecule has 0 radical (unpaired) electrons. The van der Waals surface area contributed by atoms with E-state index in [0.29, 0.717) is 17.3 Å². The lowest BCUT2D eigenvalue weighted by atomic mass is 10.1. The largest absolute Gasteiger partial charge is 0.416 e. The van der Waals surface area contributed by atoms with Crippen LogP contribution in [0.4, 0.5) is 18.9 Å². The Kier molecular flexibility index (Phi) is 4.41. The van der Waals surface area contributed by atoms with Crippen molar-refractivity contribution in [3.63, 3.8) is 0 Å². The predicted octanol–water partition coefficient (Wildman–Crippen LogP) is 4.86. The molecule has 0 aliphatic heterocycles. The number of carbonyl (C=O) groups is 1. The number of halogens is 3. The van der Waals surface area contributed by atoms with Gasteiger partial charge in [-0.2, -0.15) is 18.3 Å². The summed E-state index contributed by atoms with van der Waals surface area (Å²) in [5.74, 6) is -0.478. The van der Waals surface area contributed by atoms with Gasteiger partial charge in [-0.15, -0.1) is 0 Å². The summed E-state index contributed by atoms with van der Waals surface area (Å²) < 4.78 is 39.9. The molecule has 5 nitrogen and oxygen atoms in total. The van der Waals surface area contributed by atoms with Crippen LogP contribution in [-0.4, -0.2) is 20.7 Å². The van der Waals surface area contributed by atoms with Gasteiger partial charge < -0.3 is 5.32 Å². The molecular formula is C20H17F3N4O. The summed E-state index contributed by atoms with van der Waals surface area (Å²) in [6.45, 7) is 1.76. The van der Waals surface area contributed by atoms with Crippen molar-refractivity contribution in [2.75, 3.05) is 5.32 Å². The maximum Gasteiger partial charge on any atom is 0.416 e. The quantitative estimate of drug-likeness (QED) is 0.697. The molecule has 0 bridgehead atoms. The smallest absolute Gasteiger partial charge is 0.321 e. The van der Waals surface area contributed by atoms with E-state index in [0.717, 1.165) is 30.5 Å². The number of benzene rings is 1. The number of nitrogens with one attached hydrogen (secondary N) is 1. The topological polar surface area (TPSA) is 59.8 Å². The zero-order valence-electron chi connectivity index (χ0n) is 15.0. The van der Waals surface area contributed by atoms with Crippen LogP contribution in [-0.2, 0) is 6.18 Å². The predicted molar refractivity (Wildman–Crippen MR) is 97.9 cm³/mol. The number of anilines is 1. The van der Waals surface area contributed by atoms with Crippen LogP contribution in [0.5, 0.6) is 0 Å². The average molecular weight is 386 g/mol. The summed E-state index contributed by atoms with van der Waals surface area (Å²) in [5, 5.41) is 6.93. The van der Waals surface area contributed by atoms with Gasteiger partial charge in [0.2, 0.25) is 0 Å². The Hall–Kier alpha value is -3.16. The second-order valence-electron chi connectivity index (χ2n) is 6.83. The van der Waals surface area contributed by atoms with Gasteiger partial charge in [0.05, 0.1) is 23.5 Å². The van der Waals surface area contributed by atoms with Crippen molar-refractivity contribution >= 4 is 11.6 Å². The molecule has 0 unspecified atom stereocenters. The van der Waals surface area contributed by atoms with Crippen molar-refractivity contribution in [2.45, 2.75) is 32.0 Å². The van der Waals surface area contributed by atoms with Crippen molar-refractivity contribution in [1.82, 2.24) is 14.8 Å². The molecule has 144 valence electrons. The first-order valence-electron chi connectivity index (χ1n) is 8.82. The van der Waals surface area contributed by atoms with E-state index in [2.05, 4.69) is 15.4 Å². The van der Waals surface area contributed by atoms with Crippen molar-refractivity contribution in [3.8, 4) is 11.3 Å². The number of amides is 1. The lowest BCUT2D eigenvalue weighted by Crippen LogP contribution is -2.16. The van der Waals surface area contributed by atoms with E-state index in [4.69, 9.17) is 0 Å². The highest BCUT2D eigenvalue weighted by atomic mass is 19.4. The fourth-order valence-corrected chi connectivity index (χ4v) is 2.86. The van der Waals surface area contributed by atoms with Crippen molar-refractivity contribution in [3.05, 3.63) is 65.6 Å². The zero-order valence-corrected chi connectivity index (χ0v) is 15.0. The van der Waals surface area contributed by atoms with Crippen LogP contribution in [0.3, 0.4) is 0 Å². The summed E-state index contributed by atoms with van der Waals surface area (Å²) >= 11 is 0. The molecule has 4 rings (SSSR count). The van der Waals surface area contributed by atoms with Crippen molar-refractivity contribution < 1.29 is 18.0 Å². The summed E-state index contributed by atoms with van der Waals surface area (Å²) in [4.78, 5) is 17.1. The van der Waals surface area contributed by atoms with Gasteiger partial charge in [-0.1, -0.05) is 6.07 Å². The van der Waals surface area contributed by atoms with Gasteiger partial charge in [0.15, 0.2) is 0 Å². The minimum atomic E-state index is -4.42. The van der Waals surface area contributed by atoms with E-state index in [1.54, 1.807) is 19.2 Å². The molecule has 3 aromatic rings. The number of pyridine rings is 1. The number of carbonyl (C=O) groups excluding carboxylic acids is 1. The standard InChI is InChI=1S/C20H17F3N4O/c1-12-2-9-17(13-10-24-27(11-13)16-7-8-16)26-18(12)19(28)25-15-5-3-14(4-6-15)20(21,22)23/h2-6,9-11,16H,7-8H2,1H3,(H,25,28). The Labute approximate surface area is 159 Å². The van der Waals surface area contributed by atoms with Gasteiger partial charge in [0, 0.05) is 17.4 Å². The molecule has 1 aromatic carbocycles. The monoisotopic (exact) mass is 386 g/mol. The maximum absolute atomic E-state index is 12.7. The van der Waals surface area contributed by atoms with Gasteiger partial charge >= 0.3 is 6.18 Å². The summed E-state index contributed by atoms with van der Waals surface area (Å²) in [6.07, 6.45) is 1.44. The average Bonchev–Trinajstić information content (AvgIpc) is 3.39. The molecule has 28 heavy (non-hydrogen) atoms. The number of alkyl halides is 3. The van der Waals surface area contributed by atoms with Crippen LogP contribution in [0.25, 0.3) is 11.3 Å². The van der Waals surface area contributed by atoms with Crippen LogP contribution < -0.4 is 5.32 Å². The van der Waals surface area contributed by atoms with Crippen LogP contribution in [0.1, 0.15) is 40.5 Å². The molecule has 1 aliphatic rings. The highest BCUT2D eigenvalue weighted by Gasteiger charge is 2.30. The molecule has 8 heteroatoms. The number of aryl methyl sites for hydroxylation is 1. The van der Waals surface area contributed by atoms with Gasteiger partial charge in [-0.05, 0) is 55.7 Å². The number of hydrogen-bond acceptors (Lipinski definition) is 3. The van der Waals surface area contributed by atoms with Crippen molar-refractivity contribution in [2.24, 2.45) is 0 Å². The number of hydrogen-bond donors (Lipinski definition) is 1. The highest BCUT2D eigenvalue weighted by molar-refractivity contribution is 6.04. The number of aromatic nitrogens is 3. The third kappa shape index (κ3) is 3.76. The van der Waals surface area contributed by atoms with Gasteiger partial charge in [0.1, 0.15) is 5.69 Å². The second kappa shape index (κ2) is 6.78. The molecular weight excluding hydrogens is 369 g/mol. The van der Waals surface area contributed by atoms with Gasteiger partial charge in [0.25, 0.3) is 5.91 Å². The normalized spacial score (nSPS) is 14.1. The molecule has 2 heterocycles. The van der Waals surface area contributed by atoms with Crippen molar-refractivity contribution in [1.29, 1.82) is 0 Å². The van der Waals surface area contributed by atoms with Crippen LogP contribution in [0.15, 0.2) is 48.8 Å². The first-order valence-corrected chi connectivity index (χ1v) is 8.82. The summed E-state index contributed by atoms with van der Waals surface area (Å²) in [6, 6.07) is 8.36. The molecule has 2 aromatic heterocycles. The second-order valence-corrected chi connectivity index (χ2v) is 6.83. The Morgan fingerprint density at radius 2 is 1.86 bits per heavy atom. The number of rotatable bonds is 4. The molecule has 1 fully saturated rings. The minimum absolute atomic E-state index is 0.219.